The summed E-state index contributed by atoms with van der Waals surface area (Å²) in [5, 5.41) is 0. The normalized spacial score (nSPS) is 10.8. The van der Waals surface area contributed by atoms with E-state index in [1.54, 1.807) is 37.5 Å². The lowest BCUT2D eigenvalue weighted by Crippen LogP contribution is -2.03. The predicted molar refractivity (Wildman–Crippen MR) is 136 cm³/mol. The Morgan fingerprint density at radius 3 is 2.06 bits per heavy atom. The zero-order chi connectivity index (χ0) is 25.5. The van der Waals surface area contributed by atoms with Crippen molar-refractivity contribution >= 4 is 0 Å². The number of ether oxygens (including phenoxy) is 2. The molecule has 35 heavy (non-hydrogen) atoms. The molecule has 2 nitrogen and oxygen atoms in total. The summed E-state index contributed by atoms with van der Waals surface area (Å²) in [7, 11) is 0. The van der Waals surface area contributed by atoms with Crippen molar-refractivity contribution in [1.29, 1.82) is 0 Å². The third kappa shape index (κ3) is 10.4. The fourth-order valence-electron chi connectivity index (χ4n) is 2.93. The van der Waals surface area contributed by atoms with Crippen LogP contribution < -0.4 is 4.74 Å². The number of rotatable bonds is 10. The van der Waals surface area contributed by atoms with Gasteiger partial charge in [0.2, 0.25) is 0 Å². The SMILES string of the molecule is C=C/C=C\C=C/OCCc1ccc(C)c(F)c1.Cc1c(F)cc(CCOc2ccccc2)cc1F. The van der Waals surface area contributed by atoms with Gasteiger partial charge in [-0.25, -0.2) is 13.2 Å². The van der Waals surface area contributed by atoms with E-state index in [4.69, 9.17) is 9.47 Å². The summed E-state index contributed by atoms with van der Waals surface area (Å²) >= 11 is 0. The fraction of sp³-hybridized carbons (Fsp3) is 0.200. The highest BCUT2D eigenvalue weighted by atomic mass is 19.1. The third-order valence-corrected chi connectivity index (χ3v) is 5.02. The van der Waals surface area contributed by atoms with Crippen LogP contribution in [0.15, 0.2) is 97.8 Å². The van der Waals surface area contributed by atoms with Crippen LogP contribution in [-0.2, 0) is 17.6 Å². The monoisotopic (exact) mass is 480 g/mol. The smallest absolute Gasteiger partial charge is 0.129 e. The van der Waals surface area contributed by atoms with Crippen LogP contribution in [0.1, 0.15) is 22.3 Å². The second-order valence-corrected chi connectivity index (χ2v) is 7.75. The van der Waals surface area contributed by atoms with Gasteiger partial charge in [0.05, 0.1) is 19.5 Å². The maximum Gasteiger partial charge on any atom is 0.129 e. The van der Waals surface area contributed by atoms with Gasteiger partial charge in [-0.1, -0.05) is 55.1 Å². The summed E-state index contributed by atoms with van der Waals surface area (Å²) in [6.07, 6.45) is 9.92. The third-order valence-electron chi connectivity index (χ3n) is 5.02. The predicted octanol–water partition coefficient (Wildman–Crippen LogP) is 7.84. The quantitative estimate of drug-likeness (QED) is 0.167. The Balaban J connectivity index is 0.000000247. The first-order valence-corrected chi connectivity index (χ1v) is 11.3. The number of allylic oxidation sites excluding steroid dienone is 4. The molecule has 184 valence electrons. The molecule has 3 rings (SSSR count). The molecule has 3 aromatic rings. The van der Waals surface area contributed by atoms with E-state index in [0.29, 0.717) is 37.2 Å². The Morgan fingerprint density at radius 1 is 0.743 bits per heavy atom. The molecule has 0 saturated carbocycles. The van der Waals surface area contributed by atoms with E-state index >= 15 is 0 Å². The van der Waals surface area contributed by atoms with Crippen LogP contribution in [0.5, 0.6) is 5.75 Å². The van der Waals surface area contributed by atoms with Gasteiger partial charge in [0.15, 0.2) is 0 Å². The topological polar surface area (TPSA) is 18.5 Å². The van der Waals surface area contributed by atoms with E-state index in [-0.39, 0.29) is 11.4 Å². The molecule has 0 amide bonds. The van der Waals surface area contributed by atoms with E-state index in [9.17, 15) is 13.2 Å². The molecule has 0 aliphatic rings. The molecule has 0 spiro atoms. The molecule has 0 bridgehead atoms. The standard InChI is InChI=1S/C15H14F2O.C15H17FO/c1-11-14(16)9-12(10-15(11)17)7-8-18-13-5-3-2-4-6-13;1-3-4-5-6-10-17-11-9-14-8-7-13(2)15(16)12-14/h2-6,9-10H,7-8H2,1H3;3-8,10,12H,1,9,11H2,2H3/b;5-4-,10-6-. The van der Waals surface area contributed by atoms with Crippen molar-refractivity contribution in [1.82, 2.24) is 0 Å². The number of hydrogen-bond donors (Lipinski definition) is 0. The van der Waals surface area contributed by atoms with Crippen LogP contribution in [-0.4, -0.2) is 13.2 Å². The van der Waals surface area contributed by atoms with Crippen LogP contribution in [0.25, 0.3) is 0 Å². The summed E-state index contributed by atoms with van der Waals surface area (Å²) in [6, 6.07) is 17.3. The van der Waals surface area contributed by atoms with Gasteiger partial charge in [-0.2, -0.15) is 0 Å². The second-order valence-electron chi connectivity index (χ2n) is 7.75. The van der Waals surface area contributed by atoms with Gasteiger partial charge < -0.3 is 9.47 Å². The Labute approximate surface area is 206 Å². The highest BCUT2D eigenvalue weighted by molar-refractivity contribution is 5.26. The van der Waals surface area contributed by atoms with Crippen LogP contribution in [0.4, 0.5) is 13.2 Å². The summed E-state index contributed by atoms with van der Waals surface area (Å²) in [5.41, 5.74) is 2.28. The van der Waals surface area contributed by atoms with Crippen molar-refractivity contribution < 1.29 is 22.6 Å². The molecule has 0 saturated heterocycles. The lowest BCUT2D eigenvalue weighted by Gasteiger charge is -2.07. The number of para-hydroxylation sites is 1. The van der Waals surface area contributed by atoms with Crippen molar-refractivity contribution in [2.24, 2.45) is 0 Å². The lowest BCUT2D eigenvalue weighted by atomic mass is 10.1. The molecule has 0 radical (unpaired) electrons. The van der Waals surface area contributed by atoms with E-state index in [1.165, 1.54) is 19.1 Å². The molecule has 0 heterocycles. The molecule has 0 aliphatic heterocycles. The Bertz CT molecular complexity index is 1100. The minimum Gasteiger partial charge on any atom is -0.501 e. The molecule has 0 aromatic heterocycles. The van der Waals surface area contributed by atoms with Gasteiger partial charge in [0.25, 0.3) is 0 Å². The zero-order valence-corrected chi connectivity index (χ0v) is 20.1. The lowest BCUT2D eigenvalue weighted by molar-refractivity contribution is 0.253. The van der Waals surface area contributed by atoms with E-state index in [1.807, 2.05) is 48.6 Å². The van der Waals surface area contributed by atoms with Gasteiger partial charge in [-0.05, 0) is 66.9 Å². The first-order valence-electron chi connectivity index (χ1n) is 11.3. The Morgan fingerprint density at radius 2 is 1.40 bits per heavy atom. The summed E-state index contributed by atoms with van der Waals surface area (Å²) in [4.78, 5) is 0. The molecule has 0 N–H and O–H groups in total. The molecular weight excluding hydrogens is 449 g/mol. The average molecular weight is 481 g/mol. The molecule has 3 aromatic carbocycles. The fourth-order valence-corrected chi connectivity index (χ4v) is 2.93. The number of benzene rings is 3. The van der Waals surface area contributed by atoms with E-state index < -0.39 is 11.6 Å². The van der Waals surface area contributed by atoms with E-state index in [2.05, 4.69) is 6.58 Å². The van der Waals surface area contributed by atoms with Gasteiger partial charge in [0, 0.05) is 18.4 Å². The molecule has 0 atom stereocenters. The molecule has 0 aliphatic carbocycles. The first-order chi connectivity index (χ1) is 16.9. The summed E-state index contributed by atoms with van der Waals surface area (Å²) in [5.74, 6) is -0.424. The number of aryl methyl sites for hydroxylation is 1. The minimum absolute atomic E-state index is 0.0581. The molecule has 0 fully saturated rings. The molecule has 5 heteroatoms. The summed E-state index contributed by atoms with van der Waals surface area (Å²) in [6.45, 7) is 7.67. The molecular formula is C30H31F3O2. The average Bonchev–Trinajstić information content (AvgIpc) is 2.85. The maximum absolute atomic E-state index is 13.3. The van der Waals surface area contributed by atoms with Crippen molar-refractivity contribution in [2.75, 3.05) is 13.2 Å². The van der Waals surface area contributed by atoms with Gasteiger partial charge in [-0.15, -0.1) is 0 Å². The Hall–Kier alpha value is -3.73. The number of hydrogen-bond acceptors (Lipinski definition) is 2. The van der Waals surface area contributed by atoms with Crippen LogP contribution >= 0.6 is 0 Å². The van der Waals surface area contributed by atoms with Crippen molar-refractivity contribution in [3.8, 4) is 5.75 Å². The van der Waals surface area contributed by atoms with Crippen molar-refractivity contribution in [3.63, 3.8) is 0 Å². The van der Waals surface area contributed by atoms with Crippen LogP contribution in [0.2, 0.25) is 0 Å². The highest BCUT2D eigenvalue weighted by Gasteiger charge is 2.06. The van der Waals surface area contributed by atoms with Crippen LogP contribution in [0.3, 0.4) is 0 Å². The van der Waals surface area contributed by atoms with Gasteiger partial charge in [0.1, 0.15) is 23.2 Å². The largest absolute Gasteiger partial charge is 0.501 e. The van der Waals surface area contributed by atoms with Crippen molar-refractivity contribution in [2.45, 2.75) is 26.7 Å². The zero-order valence-electron chi connectivity index (χ0n) is 20.1. The Kier molecular flexibility index (Phi) is 12.0. The maximum atomic E-state index is 13.3. The number of halogens is 3. The first kappa shape index (κ1) is 27.5. The van der Waals surface area contributed by atoms with E-state index in [0.717, 1.165) is 11.3 Å². The van der Waals surface area contributed by atoms with Crippen LogP contribution in [0, 0.1) is 31.3 Å². The van der Waals surface area contributed by atoms with Gasteiger partial charge in [-0.3, -0.25) is 0 Å². The second kappa shape index (κ2) is 15.2. The molecule has 0 unspecified atom stereocenters. The minimum atomic E-state index is -0.510. The summed E-state index contributed by atoms with van der Waals surface area (Å²) < 4.78 is 50.6. The van der Waals surface area contributed by atoms with Crippen molar-refractivity contribution in [3.05, 3.63) is 138 Å². The highest BCUT2D eigenvalue weighted by Crippen LogP contribution is 2.15. The van der Waals surface area contributed by atoms with Gasteiger partial charge >= 0.3 is 0 Å².